The first kappa shape index (κ1) is 28.3. The van der Waals surface area contributed by atoms with Gasteiger partial charge in [-0.3, -0.25) is 0 Å². The third-order valence-corrected chi connectivity index (χ3v) is 5.58. The van der Waals surface area contributed by atoms with Crippen LogP contribution in [0.2, 0.25) is 0 Å². The molecule has 2 aromatic rings. The third kappa shape index (κ3) is 8.98. The summed E-state index contributed by atoms with van der Waals surface area (Å²) in [6, 6.07) is 9.08. The van der Waals surface area contributed by atoms with Gasteiger partial charge in [-0.05, 0) is 43.2 Å². The average molecular weight is 496 g/mol. The number of benzene rings is 2. The van der Waals surface area contributed by atoms with Crippen LogP contribution in [0.5, 0.6) is 11.5 Å². The van der Waals surface area contributed by atoms with Gasteiger partial charge in [0.2, 0.25) is 0 Å². The number of nitrogens with two attached hydrogens (primary N) is 3. The van der Waals surface area contributed by atoms with Crippen LogP contribution in [-0.2, 0) is 11.9 Å². The van der Waals surface area contributed by atoms with Crippen LogP contribution in [0.15, 0.2) is 53.1 Å². The molecule has 184 valence electrons. The summed E-state index contributed by atoms with van der Waals surface area (Å²) in [5, 5.41) is 6.50. The normalized spacial score (nSPS) is 13.0. The van der Waals surface area contributed by atoms with Crippen molar-refractivity contribution in [2.75, 3.05) is 5.73 Å². The maximum absolute atomic E-state index is 12.7. The first-order valence-electron chi connectivity index (χ1n) is 9.53. The Labute approximate surface area is 192 Å². The summed E-state index contributed by atoms with van der Waals surface area (Å²) in [6.07, 6.45) is -4.37. The van der Waals surface area contributed by atoms with Crippen LogP contribution in [0.25, 0.3) is 0 Å². The fourth-order valence-corrected chi connectivity index (χ4v) is 3.83. The zero-order chi connectivity index (χ0) is 25.2. The zero-order valence-corrected chi connectivity index (χ0v) is 18.7. The molecule has 0 heterocycles. The van der Waals surface area contributed by atoms with E-state index in [1.165, 1.54) is 42.1 Å². The highest BCUT2D eigenvalue weighted by molar-refractivity contribution is 8.02. The number of ether oxygens (including phenoxy) is 2. The summed E-state index contributed by atoms with van der Waals surface area (Å²) in [6.45, 7) is 0.524. The molecule has 1 atom stereocenters. The van der Waals surface area contributed by atoms with Crippen molar-refractivity contribution in [2.24, 2.45) is 11.6 Å². The maximum Gasteiger partial charge on any atom is 0.416 e. The molecule has 0 spiro atoms. The van der Waals surface area contributed by atoms with Crippen molar-refractivity contribution in [2.45, 2.75) is 44.9 Å². The summed E-state index contributed by atoms with van der Waals surface area (Å²) >= 11 is 1.34. The van der Waals surface area contributed by atoms with Crippen LogP contribution in [0.1, 0.15) is 31.4 Å². The molecule has 0 aromatic heterocycles. The van der Waals surface area contributed by atoms with Crippen molar-refractivity contribution in [1.82, 2.24) is 0 Å². The van der Waals surface area contributed by atoms with E-state index in [-0.39, 0.29) is 17.2 Å². The first-order chi connectivity index (χ1) is 15.5. The fraction of sp³-hybridized carbons (Fsp3) is 0.333. The molecule has 33 heavy (non-hydrogen) atoms. The van der Waals surface area contributed by atoms with Crippen molar-refractivity contribution in [3.05, 3.63) is 64.2 Å². The van der Waals surface area contributed by atoms with Gasteiger partial charge in [0.05, 0.1) is 11.3 Å². The predicted octanol–water partition coefficient (Wildman–Crippen LogP) is 5.50. The molecule has 6 nitrogen and oxygen atoms in total. The number of rotatable bonds is 9. The van der Waals surface area contributed by atoms with Crippen molar-refractivity contribution < 1.29 is 36.6 Å². The van der Waals surface area contributed by atoms with Gasteiger partial charge in [-0.2, -0.15) is 22.0 Å². The van der Waals surface area contributed by atoms with E-state index in [0.717, 1.165) is 12.1 Å². The van der Waals surface area contributed by atoms with Crippen molar-refractivity contribution in [1.29, 1.82) is 0 Å². The van der Waals surface area contributed by atoms with E-state index >= 15 is 0 Å². The minimum Gasteiger partial charge on any atom is -0.485 e. The lowest BCUT2D eigenvalue weighted by atomic mass is 10.1. The Morgan fingerprint density at radius 1 is 1.06 bits per heavy atom. The highest BCUT2D eigenvalue weighted by Gasteiger charge is 2.30. The van der Waals surface area contributed by atoms with Crippen LogP contribution >= 0.6 is 11.8 Å². The summed E-state index contributed by atoms with van der Waals surface area (Å²) in [5.41, 5.74) is 12.2. The Morgan fingerprint density at radius 2 is 1.67 bits per heavy atom. The molecule has 2 aromatic carbocycles. The third-order valence-electron chi connectivity index (χ3n) is 4.21. The minimum absolute atomic E-state index is 0.0446. The van der Waals surface area contributed by atoms with Gasteiger partial charge < -0.3 is 26.1 Å². The molecule has 2 rings (SSSR count). The zero-order valence-electron chi connectivity index (χ0n) is 17.9. The van der Waals surface area contributed by atoms with Crippen LogP contribution in [0.4, 0.5) is 27.6 Å². The van der Waals surface area contributed by atoms with Crippen molar-refractivity contribution >= 4 is 17.4 Å². The number of nitrogen functional groups attached to an aromatic ring is 1. The molecule has 1 unspecified atom stereocenters. The van der Waals surface area contributed by atoms with Gasteiger partial charge in [0.1, 0.15) is 11.9 Å². The maximum atomic E-state index is 12.7. The van der Waals surface area contributed by atoms with Gasteiger partial charge in [-0.25, -0.2) is 5.90 Å². The summed E-state index contributed by atoms with van der Waals surface area (Å²) in [5.74, 6) is 3.95. The topological polar surface area (TPSA) is 117 Å². The molecule has 0 bridgehead atoms. The van der Waals surface area contributed by atoms with E-state index in [2.05, 4.69) is 10.6 Å². The Balaban J connectivity index is 0.00000265. The average Bonchev–Trinajstić information content (AvgIpc) is 2.75. The highest BCUT2D eigenvalue weighted by Crippen LogP contribution is 2.34. The van der Waals surface area contributed by atoms with Crippen molar-refractivity contribution in [3.63, 3.8) is 0 Å². The predicted molar refractivity (Wildman–Crippen MR) is 118 cm³/mol. The van der Waals surface area contributed by atoms with E-state index < -0.39 is 24.5 Å². The molecule has 0 aliphatic carbocycles. The van der Waals surface area contributed by atoms with E-state index in [1.54, 1.807) is 6.92 Å². The fourth-order valence-electron chi connectivity index (χ4n) is 2.68. The lowest BCUT2D eigenvalue weighted by molar-refractivity contribution is -0.137. The molecule has 0 aliphatic rings. The van der Waals surface area contributed by atoms with Crippen LogP contribution in [-0.4, -0.2) is 17.9 Å². The second kappa shape index (κ2) is 13.1. The largest absolute Gasteiger partial charge is 0.485 e. The summed E-state index contributed by atoms with van der Waals surface area (Å²) in [4.78, 5) is 0.690. The van der Waals surface area contributed by atoms with Crippen molar-refractivity contribution in [3.8, 4) is 11.5 Å². The molecule has 0 radical (unpaired) electrons. The highest BCUT2D eigenvalue weighted by atomic mass is 32.2. The van der Waals surface area contributed by atoms with E-state index in [1.807, 2.05) is 6.92 Å². The smallest absolute Gasteiger partial charge is 0.416 e. The van der Waals surface area contributed by atoms with Crippen LogP contribution in [0.3, 0.4) is 0 Å². The number of hydrogen-bond acceptors (Lipinski definition) is 7. The second-order valence-electron chi connectivity index (χ2n) is 6.62. The summed E-state index contributed by atoms with van der Waals surface area (Å²) in [7, 11) is 0. The number of allylic oxidation sites excluding steroid dienone is 1. The van der Waals surface area contributed by atoms with Gasteiger partial charge in [-0.1, -0.05) is 19.1 Å². The summed E-state index contributed by atoms with van der Waals surface area (Å²) < 4.78 is 73.5. The number of alkyl halides is 5. The standard InChI is InChI=1S/C21H23F5N2O2S.H3NO/c1-3-17(29-15-8-9-16(28)18(10-15)30-20(22)23)19(12(2)27)31-11-13-4-6-14(7-5-13)21(24,25)26;1-2/h4-10,17,20H,3,11,27-28H2,1-2H3;2H,1H2/b19-12-;. The minimum atomic E-state index is -4.39. The molecular formula is C21H26F5N3O3S. The lowest BCUT2D eigenvalue weighted by Gasteiger charge is -2.22. The van der Waals surface area contributed by atoms with Crippen LogP contribution < -0.4 is 26.8 Å². The van der Waals surface area contributed by atoms with E-state index in [4.69, 9.17) is 21.4 Å². The molecule has 0 aliphatic heterocycles. The van der Waals surface area contributed by atoms with Crippen LogP contribution in [0, 0.1) is 0 Å². The Hall–Kier alpha value is -2.70. The first-order valence-corrected chi connectivity index (χ1v) is 10.5. The van der Waals surface area contributed by atoms with E-state index in [0.29, 0.717) is 28.3 Å². The number of anilines is 1. The van der Waals surface area contributed by atoms with Gasteiger partial charge in [0.15, 0.2) is 5.75 Å². The quantitative estimate of drug-likeness (QED) is 0.206. The van der Waals surface area contributed by atoms with E-state index in [9.17, 15) is 22.0 Å². The molecule has 0 saturated heterocycles. The lowest BCUT2D eigenvalue weighted by Crippen LogP contribution is -2.20. The Morgan fingerprint density at radius 3 is 2.15 bits per heavy atom. The second-order valence-corrected chi connectivity index (χ2v) is 7.64. The molecule has 0 amide bonds. The number of halogens is 5. The molecular weight excluding hydrogens is 469 g/mol. The van der Waals surface area contributed by atoms with Gasteiger partial charge >= 0.3 is 12.8 Å². The monoisotopic (exact) mass is 495 g/mol. The molecule has 12 heteroatoms. The van der Waals surface area contributed by atoms with Gasteiger partial charge in [-0.15, -0.1) is 11.8 Å². The SMILES string of the molecule is CCC(Oc1ccc(N)c(OC(F)F)c1)/C(SCc1ccc(C(F)(F)F)cc1)=C(\C)N.NO. The number of hydrogen-bond donors (Lipinski definition) is 4. The Kier molecular flexibility index (Phi) is 11.3. The van der Waals surface area contributed by atoms with Gasteiger partial charge in [0, 0.05) is 22.4 Å². The molecule has 0 saturated carbocycles. The molecule has 7 N–H and O–H groups in total. The molecule has 0 fully saturated rings. The van der Waals surface area contributed by atoms with Gasteiger partial charge in [0.25, 0.3) is 0 Å². The Bertz CT molecular complexity index is 905. The number of thioether (sulfide) groups is 1.